The molecule has 2 rings (SSSR count). The van der Waals surface area contributed by atoms with Gasteiger partial charge >= 0.3 is 0 Å². The first-order valence-corrected chi connectivity index (χ1v) is 4.66. The highest BCUT2D eigenvalue weighted by Gasteiger charge is 2.22. The Balaban J connectivity index is 1.46. The van der Waals surface area contributed by atoms with Crippen LogP contribution in [0.5, 0.6) is 0 Å². The van der Waals surface area contributed by atoms with Crippen molar-refractivity contribution < 1.29 is 0 Å². The summed E-state index contributed by atoms with van der Waals surface area (Å²) in [5.74, 6) is 2.10. The quantitative estimate of drug-likeness (QED) is 0.626. The Labute approximate surface area is 63.2 Å². The Morgan fingerprint density at radius 2 is 1.50 bits per heavy atom. The maximum Gasteiger partial charge on any atom is -0.00204 e. The van der Waals surface area contributed by atoms with E-state index in [1.807, 2.05) is 0 Å². The summed E-state index contributed by atoms with van der Waals surface area (Å²) >= 11 is 0. The molecule has 0 heterocycles. The number of rotatable bonds is 4. The van der Waals surface area contributed by atoms with Crippen molar-refractivity contribution in [3.63, 3.8) is 0 Å². The Kier molecular flexibility index (Phi) is 1.94. The van der Waals surface area contributed by atoms with E-state index < -0.39 is 0 Å². The lowest BCUT2D eigenvalue weighted by atomic mass is 9.85. The van der Waals surface area contributed by atoms with Crippen LogP contribution in [0.2, 0.25) is 0 Å². The van der Waals surface area contributed by atoms with Gasteiger partial charge in [0.25, 0.3) is 0 Å². The van der Waals surface area contributed by atoms with Crippen molar-refractivity contribution in [3.05, 3.63) is 0 Å². The molecule has 0 unspecified atom stereocenters. The predicted molar refractivity (Wildman–Crippen MR) is 42.9 cm³/mol. The monoisotopic (exact) mass is 139 g/mol. The van der Waals surface area contributed by atoms with Crippen molar-refractivity contribution in [2.75, 3.05) is 13.1 Å². The van der Waals surface area contributed by atoms with Crippen LogP contribution in [-0.4, -0.2) is 13.1 Å². The Morgan fingerprint density at radius 1 is 0.900 bits per heavy atom. The highest BCUT2D eigenvalue weighted by Crippen LogP contribution is 2.28. The summed E-state index contributed by atoms with van der Waals surface area (Å²) < 4.78 is 0. The molecule has 1 heteroatoms. The van der Waals surface area contributed by atoms with E-state index in [-0.39, 0.29) is 0 Å². The zero-order valence-corrected chi connectivity index (χ0v) is 6.60. The molecule has 1 nitrogen and oxygen atoms in total. The van der Waals surface area contributed by atoms with Crippen molar-refractivity contribution in [2.24, 2.45) is 11.8 Å². The highest BCUT2D eigenvalue weighted by molar-refractivity contribution is 4.77. The summed E-state index contributed by atoms with van der Waals surface area (Å²) in [4.78, 5) is 0. The van der Waals surface area contributed by atoms with Crippen LogP contribution in [0.1, 0.15) is 32.1 Å². The summed E-state index contributed by atoms with van der Waals surface area (Å²) in [5, 5.41) is 3.55. The maximum absolute atomic E-state index is 3.55. The Bertz CT molecular complexity index is 103. The van der Waals surface area contributed by atoms with E-state index in [2.05, 4.69) is 5.32 Å². The predicted octanol–water partition coefficient (Wildman–Crippen LogP) is 1.79. The van der Waals surface area contributed by atoms with Gasteiger partial charge in [0.15, 0.2) is 0 Å². The molecule has 0 aliphatic heterocycles. The molecule has 2 saturated carbocycles. The minimum absolute atomic E-state index is 1.04. The van der Waals surface area contributed by atoms with E-state index >= 15 is 0 Å². The Morgan fingerprint density at radius 3 is 1.90 bits per heavy atom. The zero-order chi connectivity index (χ0) is 6.81. The molecule has 0 radical (unpaired) electrons. The van der Waals surface area contributed by atoms with Gasteiger partial charge in [0.2, 0.25) is 0 Å². The van der Waals surface area contributed by atoms with Gasteiger partial charge in [-0.25, -0.2) is 0 Å². The van der Waals surface area contributed by atoms with E-state index in [4.69, 9.17) is 0 Å². The minimum atomic E-state index is 1.04. The van der Waals surface area contributed by atoms with E-state index in [0.29, 0.717) is 0 Å². The molecule has 2 aliphatic carbocycles. The van der Waals surface area contributed by atoms with Crippen LogP contribution in [0.25, 0.3) is 0 Å². The fourth-order valence-electron chi connectivity index (χ4n) is 1.51. The topological polar surface area (TPSA) is 12.0 Å². The lowest BCUT2D eigenvalue weighted by Crippen LogP contribution is -2.28. The highest BCUT2D eigenvalue weighted by atomic mass is 14.9. The van der Waals surface area contributed by atoms with Crippen molar-refractivity contribution in [1.82, 2.24) is 5.32 Å². The summed E-state index contributed by atoms with van der Waals surface area (Å²) in [5.41, 5.74) is 0. The first-order chi connectivity index (χ1) is 4.95. The normalized spacial score (nSPS) is 26.4. The van der Waals surface area contributed by atoms with E-state index in [0.717, 1.165) is 11.8 Å². The molecule has 0 saturated heterocycles. The van der Waals surface area contributed by atoms with Gasteiger partial charge in [-0.05, 0) is 50.6 Å². The van der Waals surface area contributed by atoms with Gasteiger partial charge in [-0.15, -0.1) is 0 Å². The van der Waals surface area contributed by atoms with Crippen molar-refractivity contribution >= 4 is 0 Å². The molecule has 1 N–H and O–H groups in total. The van der Waals surface area contributed by atoms with Gasteiger partial charge in [0, 0.05) is 0 Å². The van der Waals surface area contributed by atoms with Crippen molar-refractivity contribution in [2.45, 2.75) is 32.1 Å². The minimum Gasteiger partial charge on any atom is -0.316 e. The largest absolute Gasteiger partial charge is 0.316 e. The number of hydrogen-bond donors (Lipinski definition) is 1. The van der Waals surface area contributed by atoms with E-state index in [1.165, 1.54) is 45.2 Å². The number of hydrogen-bond acceptors (Lipinski definition) is 1. The molecule has 58 valence electrons. The third-order valence-electron chi connectivity index (χ3n) is 2.79. The van der Waals surface area contributed by atoms with Crippen LogP contribution in [0.4, 0.5) is 0 Å². The standard InChI is InChI=1S/C9H17N/c1-2-8(3-1)6-10-7-9-4-5-9/h8-10H,1-7H2. The molecule has 0 aromatic heterocycles. The van der Waals surface area contributed by atoms with Crippen LogP contribution >= 0.6 is 0 Å². The van der Waals surface area contributed by atoms with Crippen LogP contribution in [0, 0.1) is 11.8 Å². The molecule has 0 bridgehead atoms. The van der Waals surface area contributed by atoms with Gasteiger partial charge in [0.05, 0.1) is 0 Å². The molecular weight excluding hydrogens is 122 g/mol. The van der Waals surface area contributed by atoms with Crippen LogP contribution in [0.3, 0.4) is 0 Å². The second-order valence-electron chi connectivity index (χ2n) is 3.90. The van der Waals surface area contributed by atoms with Crippen LogP contribution in [0.15, 0.2) is 0 Å². The molecule has 0 aromatic rings. The number of nitrogens with one attached hydrogen (secondary N) is 1. The Hall–Kier alpha value is -0.0400. The lowest BCUT2D eigenvalue weighted by Gasteiger charge is -2.25. The molecular formula is C9H17N. The van der Waals surface area contributed by atoms with Gasteiger partial charge in [-0.1, -0.05) is 6.42 Å². The lowest BCUT2D eigenvalue weighted by molar-refractivity contribution is 0.301. The molecule has 0 aromatic carbocycles. The summed E-state index contributed by atoms with van der Waals surface area (Å²) in [6.07, 6.45) is 7.42. The third kappa shape index (κ3) is 1.72. The second kappa shape index (κ2) is 2.91. The maximum atomic E-state index is 3.55. The van der Waals surface area contributed by atoms with Crippen LogP contribution in [-0.2, 0) is 0 Å². The zero-order valence-electron chi connectivity index (χ0n) is 6.60. The first kappa shape index (κ1) is 6.66. The fraction of sp³-hybridized carbons (Fsp3) is 1.00. The average Bonchev–Trinajstić information content (AvgIpc) is 2.58. The summed E-state index contributed by atoms with van der Waals surface area (Å²) in [7, 11) is 0. The first-order valence-electron chi connectivity index (χ1n) is 4.66. The molecule has 0 amide bonds. The smallest absolute Gasteiger partial charge is 0.00204 e. The van der Waals surface area contributed by atoms with Crippen LogP contribution < -0.4 is 5.32 Å². The SMILES string of the molecule is C1CC(CNCC2CC2)C1. The van der Waals surface area contributed by atoms with Gasteiger partial charge < -0.3 is 5.32 Å². The summed E-state index contributed by atoms with van der Waals surface area (Å²) in [6, 6.07) is 0. The van der Waals surface area contributed by atoms with E-state index in [9.17, 15) is 0 Å². The average molecular weight is 139 g/mol. The summed E-state index contributed by atoms with van der Waals surface area (Å²) in [6.45, 7) is 2.60. The van der Waals surface area contributed by atoms with Crippen molar-refractivity contribution in [3.8, 4) is 0 Å². The molecule has 2 aliphatic rings. The van der Waals surface area contributed by atoms with Gasteiger partial charge in [-0.3, -0.25) is 0 Å². The molecule has 0 atom stereocenters. The molecule has 10 heavy (non-hydrogen) atoms. The molecule has 2 fully saturated rings. The fourth-order valence-corrected chi connectivity index (χ4v) is 1.51. The van der Waals surface area contributed by atoms with Crippen molar-refractivity contribution in [1.29, 1.82) is 0 Å². The third-order valence-corrected chi connectivity index (χ3v) is 2.79. The van der Waals surface area contributed by atoms with E-state index in [1.54, 1.807) is 0 Å². The van der Waals surface area contributed by atoms with Gasteiger partial charge in [-0.2, -0.15) is 0 Å². The second-order valence-corrected chi connectivity index (χ2v) is 3.90. The molecule has 0 spiro atoms. The van der Waals surface area contributed by atoms with Gasteiger partial charge in [0.1, 0.15) is 0 Å².